The number of hydrogen-bond donors (Lipinski definition) is 1. The van der Waals surface area contributed by atoms with Gasteiger partial charge in [0.05, 0.1) is 9.92 Å². The third kappa shape index (κ3) is 4.59. The SMILES string of the molecule is O=C(Nc1ccc(Cl)cn1)C1CCN(c2ccc(S(=O)(=O)C(F)F)cc2)CC1. The third-order valence-electron chi connectivity index (χ3n) is 4.61. The lowest BCUT2D eigenvalue weighted by molar-refractivity contribution is -0.120. The van der Waals surface area contributed by atoms with E-state index in [2.05, 4.69) is 10.3 Å². The predicted molar refractivity (Wildman–Crippen MR) is 102 cm³/mol. The number of nitrogens with one attached hydrogen (secondary N) is 1. The van der Waals surface area contributed by atoms with E-state index in [0.29, 0.717) is 36.8 Å². The lowest BCUT2D eigenvalue weighted by Gasteiger charge is -2.33. The van der Waals surface area contributed by atoms with E-state index in [1.807, 2.05) is 4.90 Å². The number of halogens is 3. The molecule has 0 radical (unpaired) electrons. The number of carbonyl (C=O) groups is 1. The van der Waals surface area contributed by atoms with Gasteiger partial charge in [-0.25, -0.2) is 13.4 Å². The highest BCUT2D eigenvalue weighted by Crippen LogP contribution is 2.26. The van der Waals surface area contributed by atoms with Crippen molar-refractivity contribution in [3.63, 3.8) is 0 Å². The molecule has 10 heteroatoms. The average molecular weight is 430 g/mol. The Morgan fingerprint density at radius 2 is 1.79 bits per heavy atom. The van der Waals surface area contributed by atoms with Crippen LogP contribution in [-0.2, 0) is 14.6 Å². The van der Waals surface area contributed by atoms with Crippen molar-refractivity contribution in [2.24, 2.45) is 5.92 Å². The topological polar surface area (TPSA) is 79.4 Å². The van der Waals surface area contributed by atoms with E-state index in [0.717, 1.165) is 5.69 Å². The number of aromatic nitrogens is 1. The fraction of sp³-hybridized carbons (Fsp3) is 0.333. The number of sulfone groups is 1. The van der Waals surface area contributed by atoms with Crippen LogP contribution in [0.15, 0.2) is 47.5 Å². The van der Waals surface area contributed by atoms with Crippen LogP contribution < -0.4 is 10.2 Å². The van der Waals surface area contributed by atoms with E-state index in [1.54, 1.807) is 12.1 Å². The van der Waals surface area contributed by atoms with E-state index in [4.69, 9.17) is 11.6 Å². The summed E-state index contributed by atoms with van der Waals surface area (Å²) in [6, 6.07) is 8.65. The Morgan fingerprint density at radius 3 is 2.32 bits per heavy atom. The molecular weight excluding hydrogens is 412 g/mol. The molecule has 1 aliphatic rings. The summed E-state index contributed by atoms with van der Waals surface area (Å²) in [6.45, 7) is 1.18. The molecule has 2 heterocycles. The highest BCUT2D eigenvalue weighted by Gasteiger charge is 2.28. The Bertz CT molecular complexity index is 930. The number of hydrogen-bond acceptors (Lipinski definition) is 5. The maximum atomic E-state index is 12.6. The summed E-state index contributed by atoms with van der Waals surface area (Å²) in [6.07, 6.45) is 2.67. The molecule has 1 amide bonds. The van der Waals surface area contributed by atoms with Crippen molar-refractivity contribution in [2.45, 2.75) is 23.5 Å². The monoisotopic (exact) mass is 429 g/mol. The summed E-state index contributed by atoms with van der Waals surface area (Å²) in [4.78, 5) is 18.0. The van der Waals surface area contributed by atoms with Crippen molar-refractivity contribution >= 4 is 38.9 Å². The fourth-order valence-corrected chi connectivity index (χ4v) is 3.86. The maximum Gasteiger partial charge on any atom is 0.341 e. The van der Waals surface area contributed by atoms with Crippen LogP contribution in [0, 0.1) is 5.92 Å². The first kappa shape index (κ1) is 20.5. The normalized spacial score (nSPS) is 15.6. The number of piperidine rings is 1. The number of benzene rings is 1. The van der Waals surface area contributed by atoms with E-state index in [1.165, 1.54) is 30.5 Å². The second-order valence-electron chi connectivity index (χ2n) is 6.41. The van der Waals surface area contributed by atoms with Crippen LogP contribution in [0.1, 0.15) is 12.8 Å². The summed E-state index contributed by atoms with van der Waals surface area (Å²) >= 11 is 5.77. The van der Waals surface area contributed by atoms with Gasteiger partial charge in [0, 0.05) is 30.9 Å². The average Bonchev–Trinajstić information content (AvgIpc) is 2.70. The van der Waals surface area contributed by atoms with Crippen LogP contribution >= 0.6 is 11.6 Å². The first-order chi connectivity index (χ1) is 13.3. The van der Waals surface area contributed by atoms with Gasteiger partial charge in [0.1, 0.15) is 5.82 Å². The van der Waals surface area contributed by atoms with Crippen molar-refractivity contribution in [1.82, 2.24) is 4.98 Å². The molecule has 0 bridgehead atoms. The lowest BCUT2D eigenvalue weighted by Crippen LogP contribution is -2.38. The summed E-state index contributed by atoms with van der Waals surface area (Å²) in [5.41, 5.74) is 0.728. The Kier molecular flexibility index (Phi) is 6.14. The molecule has 0 spiro atoms. The Hall–Kier alpha value is -2.26. The Morgan fingerprint density at radius 1 is 1.14 bits per heavy atom. The molecule has 1 saturated heterocycles. The van der Waals surface area contributed by atoms with Crippen LogP contribution in [0.5, 0.6) is 0 Å². The molecule has 1 aromatic heterocycles. The smallest absolute Gasteiger partial charge is 0.341 e. The minimum absolute atomic E-state index is 0.118. The molecule has 1 N–H and O–H groups in total. The van der Waals surface area contributed by atoms with Gasteiger partial charge in [-0.15, -0.1) is 0 Å². The number of carbonyl (C=O) groups excluding carboxylic acids is 1. The zero-order valence-corrected chi connectivity index (χ0v) is 16.3. The van der Waals surface area contributed by atoms with Gasteiger partial charge in [-0.05, 0) is 49.2 Å². The fourth-order valence-electron chi connectivity index (χ4n) is 3.03. The molecule has 1 fully saturated rings. The van der Waals surface area contributed by atoms with Gasteiger partial charge in [-0.1, -0.05) is 11.6 Å². The van der Waals surface area contributed by atoms with Crippen LogP contribution in [0.2, 0.25) is 5.02 Å². The van der Waals surface area contributed by atoms with Gasteiger partial charge in [0.25, 0.3) is 0 Å². The molecule has 1 aromatic carbocycles. The van der Waals surface area contributed by atoms with Crippen LogP contribution in [0.25, 0.3) is 0 Å². The van der Waals surface area contributed by atoms with Crippen LogP contribution in [-0.4, -0.2) is 38.2 Å². The number of alkyl halides is 2. The van der Waals surface area contributed by atoms with Crippen molar-refractivity contribution in [3.8, 4) is 0 Å². The minimum Gasteiger partial charge on any atom is -0.371 e. The quantitative estimate of drug-likeness (QED) is 0.785. The van der Waals surface area contributed by atoms with Gasteiger partial charge in [0.15, 0.2) is 0 Å². The summed E-state index contributed by atoms with van der Waals surface area (Å²) in [5, 5.41) is 3.25. The molecule has 1 aliphatic heterocycles. The third-order valence-corrected chi connectivity index (χ3v) is 6.23. The van der Waals surface area contributed by atoms with E-state index >= 15 is 0 Å². The number of nitrogens with zero attached hydrogens (tertiary/aromatic N) is 2. The summed E-state index contributed by atoms with van der Waals surface area (Å²) in [5.74, 6) is -3.30. The van der Waals surface area contributed by atoms with E-state index < -0.39 is 20.5 Å². The van der Waals surface area contributed by atoms with Crippen LogP contribution in [0.4, 0.5) is 20.3 Å². The number of pyridine rings is 1. The first-order valence-electron chi connectivity index (χ1n) is 8.57. The van der Waals surface area contributed by atoms with Gasteiger partial charge >= 0.3 is 5.76 Å². The van der Waals surface area contributed by atoms with Crippen molar-refractivity contribution in [1.29, 1.82) is 0 Å². The molecule has 6 nitrogen and oxygen atoms in total. The van der Waals surface area contributed by atoms with Gasteiger partial charge in [-0.3, -0.25) is 4.79 Å². The van der Waals surface area contributed by atoms with Crippen molar-refractivity contribution in [3.05, 3.63) is 47.6 Å². The predicted octanol–water partition coefficient (Wildman–Crippen LogP) is 3.59. The van der Waals surface area contributed by atoms with Gasteiger partial charge in [0.2, 0.25) is 15.7 Å². The highest BCUT2D eigenvalue weighted by atomic mass is 35.5. The molecule has 0 aliphatic carbocycles. The van der Waals surface area contributed by atoms with Crippen molar-refractivity contribution < 1.29 is 22.0 Å². The molecule has 150 valence electrons. The number of anilines is 2. The molecule has 2 aromatic rings. The Labute approximate surface area is 166 Å². The molecule has 0 unspecified atom stereocenters. The standard InChI is InChI=1S/C18H18ClF2N3O3S/c19-13-1-6-16(22-11-13)23-17(25)12-7-9-24(10-8-12)14-2-4-15(5-3-14)28(26,27)18(20)21/h1-6,11-12,18H,7-10H2,(H,22,23,25). The largest absolute Gasteiger partial charge is 0.371 e. The summed E-state index contributed by atoms with van der Waals surface area (Å²) < 4.78 is 48.2. The highest BCUT2D eigenvalue weighted by molar-refractivity contribution is 7.91. The Balaban J connectivity index is 1.57. The van der Waals surface area contributed by atoms with Crippen molar-refractivity contribution in [2.75, 3.05) is 23.3 Å². The van der Waals surface area contributed by atoms with Crippen LogP contribution in [0.3, 0.4) is 0 Å². The molecule has 28 heavy (non-hydrogen) atoms. The summed E-state index contributed by atoms with van der Waals surface area (Å²) in [7, 11) is -4.60. The molecule has 0 atom stereocenters. The van der Waals surface area contributed by atoms with Gasteiger partial charge < -0.3 is 10.2 Å². The zero-order valence-electron chi connectivity index (χ0n) is 14.7. The maximum absolute atomic E-state index is 12.6. The second kappa shape index (κ2) is 8.40. The number of rotatable bonds is 5. The number of amides is 1. The zero-order chi connectivity index (χ0) is 20.3. The van der Waals surface area contributed by atoms with E-state index in [9.17, 15) is 22.0 Å². The molecule has 0 saturated carbocycles. The lowest BCUT2D eigenvalue weighted by atomic mass is 9.95. The molecule has 3 rings (SSSR count). The van der Waals surface area contributed by atoms with E-state index in [-0.39, 0.29) is 11.8 Å². The second-order valence-corrected chi connectivity index (χ2v) is 8.77. The minimum atomic E-state index is -4.60. The van der Waals surface area contributed by atoms with Gasteiger partial charge in [-0.2, -0.15) is 8.78 Å². The molecular formula is C18H18ClF2N3O3S. The first-order valence-corrected chi connectivity index (χ1v) is 10.5.